The zero-order chi connectivity index (χ0) is 17.4. The monoisotopic (exact) mass is 326 g/mol. The summed E-state index contributed by atoms with van der Waals surface area (Å²) < 4.78 is 5.73. The standard InChI is InChI=1S/C20H26N2O2/c1-15(2)19(21)20(23)22-18-10-6-9-17(13-18)14-24-12-11-16-7-4-3-5-8-16/h3-10,13,15,19H,11-12,14,21H2,1-2H3,(H,22,23)/t19-/m0/s1. The minimum Gasteiger partial charge on any atom is -0.376 e. The lowest BCUT2D eigenvalue weighted by atomic mass is 10.0. The van der Waals surface area contributed by atoms with Gasteiger partial charge in [0.05, 0.1) is 19.3 Å². The maximum atomic E-state index is 12.0. The number of rotatable bonds is 8. The molecule has 0 spiro atoms. The molecule has 4 nitrogen and oxygen atoms in total. The molecule has 0 fully saturated rings. The van der Waals surface area contributed by atoms with Crippen LogP contribution in [0.5, 0.6) is 0 Å². The molecule has 0 aliphatic heterocycles. The summed E-state index contributed by atoms with van der Waals surface area (Å²) in [6, 6.07) is 17.4. The Morgan fingerprint density at radius 1 is 1.08 bits per heavy atom. The summed E-state index contributed by atoms with van der Waals surface area (Å²) in [5, 5.41) is 2.86. The number of carbonyl (C=O) groups is 1. The topological polar surface area (TPSA) is 64.4 Å². The second-order valence-electron chi connectivity index (χ2n) is 6.25. The van der Waals surface area contributed by atoms with E-state index >= 15 is 0 Å². The summed E-state index contributed by atoms with van der Waals surface area (Å²) >= 11 is 0. The zero-order valence-corrected chi connectivity index (χ0v) is 14.4. The lowest BCUT2D eigenvalue weighted by Crippen LogP contribution is -2.39. The molecular formula is C20H26N2O2. The number of hydrogen-bond donors (Lipinski definition) is 2. The van der Waals surface area contributed by atoms with Crippen molar-refractivity contribution >= 4 is 11.6 Å². The van der Waals surface area contributed by atoms with Gasteiger partial charge >= 0.3 is 0 Å². The number of hydrogen-bond acceptors (Lipinski definition) is 3. The molecule has 0 aliphatic rings. The number of carbonyl (C=O) groups excluding carboxylic acids is 1. The molecule has 0 heterocycles. The van der Waals surface area contributed by atoms with Crippen LogP contribution in [0.1, 0.15) is 25.0 Å². The van der Waals surface area contributed by atoms with Crippen molar-refractivity contribution in [2.24, 2.45) is 11.7 Å². The summed E-state index contributed by atoms with van der Waals surface area (Å²) in [5.74, 6) is -0.0540. The van der Waals surface area contributed by atoms with E-state index in [1.54, 1.807) is 0 Å². The molecular weight excluding hydrogens is 300 g/mol. The molecule has 3 N–H and O–H groups in total. The van der Waals surface area contributed by atoms with Crippen molar-refractivity contribution in [3.8, 4) is 0 Å². The van der Waals surface area contributed by atoms with Crippen LogP contribution in [0, 0.1) is 5.92 Å². The van der Waals surface area contributed by atoms with Crippen molar-refractivity contribution in [3.05, 3.63) is 65.7 Å². The van der Waals surface area contributed by atoms with Gasteiger partial charge in [0.15, 0.2) is 0 Å². The van der Waals surface area contributed by atoms with Gasteiger partial charge in [0, 0.05) is 5.69 Å². The smallest absolute Gasteiger partial charge is 0.241 e. The van der Waals surface area contributed by atoms with Crippen LogP contribution in [-0.2, 0) is 22.6 Å². The van der Waals surface area contributed by atoms with Crippen molar-refractivity contribution in [3.63, 3.8) is 0 Å². The summed E-state index contributed by atoms with van der Waals surface area (Å²) in [5.41, 5.74) is 8.90. The highest BCUT2D eigenvalue weighted by Gasteiger charge is 2.17. The van der Waals surface area contributed by atoms with Crippen molar-refractivity contribution in [2.75, 3.05) is 11.9 Å². The molecule has 1 amide bonds. The maximum Gasteiger partial charge on any atom is 0.241 e. The van der Waals surface area contributed by atoms with Crippen LogP contribution in [0.3, 0.4) is 0 Å². The molecule has 0 saturated carbocycles. The molecule has 0 unspecified atom stereocenters. The van der Waals surface area contributed by atoms with Crippen molar-refractivity contribution in [1.29, 1.82) is 0 Å². The molecule has 0 saturated heterocycles. The molecule has 2 aromatic carbocycles. The highest BCUT2D eigenvalue weighted by Crippen LogP contribution is 2.13. The van der Waals surface area contributed by atoms with Crippen LogP contribution in [0.15, 0.2) is 54.6 Å². The van der Waals surface area contributed by atoms with Crippen molar-refractivity contribution < 1.29 is 9.53 Å². The predicted octanol–water partition coefficient (Wildman–Crippen LogP) is 3.37. The summed E-state index contributed by atoms with van der Waals surface area (Å²) in [4.78, 5) is 12.0. The summed E-state index contributed by atoms with van der Waals surface area (Å²) in [6.07, 6.45) is 0.889. The van der Waals surface area contributed by atoms with Gasteiger partial charge in [0.25, 0.3) is 0 Å². The SMILES string of the molecule is CC(C)[C@H](N)C(=O)Nc1cccc(COCCc2ccccc2)c1. The number of ether oxygens (including phenoxy) is 1. The van der Waals surface area contributed by atoms with E-state index in [2.05, 4.69) is 17.4 Å². The van der Waals surface area contributed by atoms with Crippen LogP contribution in [0.4, 0.5) is 5.69 Å². The first-order valence-electron chi connectivity index (χ1n) is 8.33. The fraction of sp³-hybridized carbons (Fsp3) is 0.350. The lowest BCUT2D eigenvalue weighted by molar-refractivity contribution is -0.118. The second-order valence-corrected chi connectivity index (χ2v) is 6.25. The van der Waals surface area contributed by atoms with Crippen LogP contribution in [0.2, 0.25) is 0 Å². The van der Waals surface area contributed by atoms with E-state index in [9.17, 15) is 4.79 Å². The van der Waals surface area contributed by atoms with Gasteiger partial charge in [-0.05, 0) is 35.6 Å². The third-order valence-corrected chi connectivity index (χ3v) is 3.86. The summed E-state index contributed by atoms with van der Waals surface area (Å²) in [7, 11) is 0. The Bertz CT molecular complexity index is 641. The molecule has 0 radical (unpaired) electrons. The van der Waals surface area contributed by atoms with E-state index in [-0.39, 0.29) is 11.8 Å². The molecule has 128 valence electrons. The Balaban J connectivity index is 1.81. The minimum absolute atomic E-state index is 0.106. The first kappa shape index (κ1) is 18.2. The highest BCUT2D eigenvalue weighted by molar-refractivity contribution is 5.94. The van der Waals surface area contributed by atoms with Gasteiger partial charge in [-0.25, -0.2) is 0 Å². The fourth-order valence-electron chi connectivity index (χ4n) is 2.29. The number of benzene rings is 2. The Hall–Kier alpha value is -2.17. The normalized spacial score (nSPS) is 12.2. The summed E-state index contributed by atoms with van der Waals surface area (Å²) in [6.45, 7) is 5.05. The first-order valence-corrected chi connectivity index (χ1v) is 8.33. The quantitative estimate of drug-likeness (QED) is 0.731. The van der Waals surface area contributed by atoms with Crippen molar-refractivity contribution in [2.45, 2.75) is 32.9 Å². The van der Waals surface area contributed by atoms with Gasteiger partial charge in [-0.2, -0.15) is 0 Å². The molecule has 2 aromatic rings. The Morgan fingerprint density at radius 3 is 2.50 bits per heavy atom. The van der Waals surface area contributed by atoms with Crippen LogP contribution < -0.4 is 11.1 Å². The lowest BCUT2D eigenvalue weighted by Gasteiger charge is -2.15. The molecule has 1 atom stereocenters. The number of nitrogens with one attached hydrogen (secondary N) is 1. The van der Waals surface area contributed by atoms with Gasteiger partial charge in [0.2, 0.25) is 5.91 Å². The van der Waals surface area contributed by atoms with E-state index in [0.29, 0.717) is 13.2 Å². The average Bonchev–Trinajstić information content (AvgIpc) is 2.59. The number of nitrogens with two attached hydrogens (primary N) is 1. The molecule has 4 heteroatoms. The number of anilines is 1. The van der Waals surface area contributed by atoms with E-state index in [4.69, 9.17) is 10.5 Å². The van der Waals surface area contributed by atoms with Crippen molar-refractivity contribution in [1.82, 2.24) is 0 Å². The zero-order valence-electron chi connectivity index (χ0n) is 14.4. The van der Waals surface area contributed by atoms with Gasteiger partial charge in [-0.3, -0.25) is 4.79 Å². The van der Waals surface area contributed by atoms with Crippen LogP contribution >= 0.6 is 0 Å². The predicted molar refractivity (Wildman–Crippen MR) is 97.7 cm³/mol. The highest BCUT2D eigenvalue weighted by atomic mass is 16.5. The van der Waals surface area contributed by atoms with Crippen LogP contribution in [0.25, 0.3) is 0 Å². The first-order chi connectivity index (χ1) is 11.6. The van der Waals surface area contributed by atoms with Crippen LogP contribution in [-0.4, -0.2) is 18.6 Å². The van der Waals surface area contributed by atoms with E-state index < -0.39 is 6.04 Å². The molecule has 0 bridgehead atoms. The van der Waals surface area contributed by atoms with Gasteiger partial charge < -0.3 is 15.8 Å². The van der Waals surface area contributed by atoms with E-state index in [1.165, 1.54) is 5.56 Å². The maximum absolute atomic E-state index is 12.0. The van der Waals surface area contributed by atoms with Gasteiger partial charge in [-0.1, -0.05) is 56.3 Å². The van der Waals surface area contributed by atoms with E-state index in [0.717, 1.165) is 17.7 Å². The Labute approximate surface area is 144 Å². The third-order valence-electron chi connectivity index (χ3n) is 3.86. The number of amides is 1. The van der Waals surface area contributed by atoms with E-state index in [1.807, 2.05) is 56.3 Å². The average molecular weight is 326 g/mol. The second kappa shape index (κ2) is 9.21. The minimum atomic E-state index is -0.504. The molecule has 0 aliphatic carbocycles. The molecule has 24 heavy (non-hydrogen) atoms. The Morgan fingerprint density at radius 2 is 1.79 bits per heavy atom. The van der Waals surface area contributed by atoms with Gasteiger partial charge in [0.1, 0.15) is 0 Å². The molecule has 2 rings (SSSR count). The largest absolute Gasteiger partial charge is 0.376 e. The third kappa shape index (κ3) is 5.80. The molecule has 0 aromatic heterocycles. The Kier molecular flexibility index (Phi) is 6.97. The van der Waals surface area contributed by atoms with Gasteiger partial charge in [-0.15, -0.1) is 0 Å². The fourth-order valence-corrected chi connectivity index (χ4v) is 2.29.